The van der Waals surface area contributed by atoms with Gasteiger partial charge in [-0.1, -0.05) is 18.5 Å². The number of rotatable bonds is 3. The third kappa shape index (κ3) is 2.43. The summed E-state index contributed by atoms with van der Waals surface area (Å²) >= 11 is 5.65. The van der Waals surface area contributed by atoms with Gasteiger partial charge in [0.1, 0.15) is 10.8 Å². The van der Waals surface area contributed by atoms with Gasteiger partial charge in [-0.15, -0.1) is 0 Å². The summed E-state index contributed by atoms with van der Waals surface area (Å²) < 4.78 is 0. The van der Waals surface area contributed by atoms with Crippen LogP contribution in [-0.2, 0) is 4.79 Å². The van der Waals surface area contributed by atoms with Crippen LogP contribution in [0.15, 0.2) is 12.4 Å². The van der Waals surface area contributed by atoms with Gasteiger partial charge in [-0.3, -0.25) is 14.6 Å². The minimum absolute atomic E-state index is 0.00130. The maximum absolute atomic E-state index is 11.9. The number of carboxylic acid groups (broad SMARTS) is 1. The standard InChI is InChI=1S/C11H12ClN3O3/c1-6(11(17)18)7-4-15(5-7)10(16)8-2-13-3-9(12)14-8/h2-3,6-7H,4-5H2,1H3,(H,17,18). The van der Waals surface area contributed by atoms with Crippen molar-refractivity contribution < 1.29 is 14.7 Å². The molecule has 2 heterocycles. The summed E-state index contributed by atoms with van der Waals surface area (Å²) in [5.74, 6) is -1.55. The molecule has 1 aromatic rings. The van der Waals surface area contributed by atoms with Gasteiger partial charge in [0.2, 0.25) is 0 Å². The summed E-state index contributed by atoms with van der Waals surface area (Å²) in [4.78, 5) is 31.9. The Labute approximate surface area is 109 Å². The fourth-order valence-electron chi connectivity index (χ4n) is 1.80. The van der Waals surface area contributed by atoms with Crippen molar-refractivity contribution in [2.45, 2.75) is 6.92 Å². The molecule has 1 aliphatic rings. The highest BCUT2D eigenvalue weighted by Crippen LogP contribution is 2.25. The number of carboxylic acids is 1. The summed E-state index contributed by atoms with van der Waals surface area (Å²) in [7, 11) is 0. The van der Waals surface area contributed by atoms with E-state index in [4.69, 9.17) is 16.7 Å². The Hall–Kier alpha value is -1.69. The molecule has 1 fully saturated rings. The molecule has 0 aliphatic carbocycles. The molecule has 18 heavy (non-hydrogen) atoms. The van der Waals surface area contributed by atoms with Crippen LogP contribution in [0.2, 0.25) is 5.15 Å². The molecule has 6 nitrogen and oxygen atoms in total. The molecule has 1 atom stereocenters. The monoisotopic (exact) mass is 269 g/mol. The molecular weight excluding hydrogens is 258 g/mol. The summed E-state index contributed by atoms with van der Waals surface area (Å²) in [6, 6.07) is 0. The van der Waals surface area contributed by atoms with Crippen molar-refractivity contribution in [2.24, 2.45) is 11.8 Å². The van der Waals surface area contributed by atoms with Crippen LogP contribution in [0.25, 0.3) is 0 Å². The van der Waals surface area contributed by atoms with Crippen LogP contribution < -0.4 is 0 Å². The zero-order valence-electron chi connectivity index (χ0n) is 9.71. The average Bonchev–Trinajstić information content (AvgIpc) is 2.26. The van der Waals surface area contributed by atoms with Gasteiger partial charge >= 0.3 is 5.97 Å². The van der Waals surface area contributed by atoms with Gasteiger partial charge in [0.05, 0.1) is 18.3 Å². The summed E-state index contributed by atoms with van der Waals surface area (Å²) in [5.41, 5.74) is 0.184. The predicted octanol–water partition coefficient (Wildman–Crippen LogP) is 0.923. The highest BCUT2D eigenvalue weighted by atomic mass is 35.5. The second-order valence-electron chi connectivity index (χ2n) is 4.32. The number of likely N-dealkylation sites (tertiary alicyclic amines) is 1. The third-order valence-corrected chi connectivity index (χ3v) is 3.30. The fourth-order valence-corrected chi connectivity index (χ4v) is 1.95. The van der Waals surface area contributed by atoms with E-state index < -0.39 is 11.9 Å². The maximum atomic E-state index is 11.9. The average molecular weight is 270 g/mol. The van der Waals surface area contributed by atoms with Crippen LogP contribution in [0.1, 0.15) is 17.4 Å². The molecule has 0 saturated carbocycles. The third-order valence-electron chi connectivity index (χ3n) is 3.12. The van der Waals surface area contributed by atoms with E-state index in [1.807, 2.05) is 0 Å². The first kappa shape index (κ1) is 12.8. The Morgan fingerprint density at radius 2 is 2.17 bits per heavy atom. The van der Waals surface area contributed by atoms with Gasteiger partial charge in [0.25, 0.3) is 5.91 Å². The van der Waals surface area contributed by atoms with Crippen LogP contribution >= 0.6 is 11.6 Å². The van der Waals surface area contributed by atoms with Gasteiger partial charge in [-0.2, -0.15) is 0 Å². The van der Waals surface area contributed by atoms with Crippen LogP contribution in [0.5, 0.6) is 0 Å². The Morgan fingerprint density at radius 1 is 1.50 bits per heavy atom. The van der Waals surface area contributed by atoms with Gasteiger partial charge in [0.15, 0.2) is 0 Å². The van der Waals surface area contributed by atoms with E-state index in [2.05, 4.69) is 9.97 Å². The first-order valence-electron chi connectivity index (χ1n) is 5.48. The van der Waals surface area contributed by atoms with E-state index >= 15 is 0 Å². The smallest absolute Gasteiger partial charge is 0.306 e. The summed E-state index contributed by atoms with van der Waals surface area (Å²) in [5, 5.41) is 9.02. The molecule has 0 bridgehead atoms. The maximum Gasteiger partial charge on any atom is 0.306 e. The van der Waals surface area contributed by atoms with Crippen molar-refractivity contribution in [1.29, 1.82) is 0 Å². The Morgan fingerprint density at radius 3 is 2.72 bits per heavy atom. The number of hydrogen-bond acceptors (Lipinski definition) is 4. The van der Waals surface area contributed by atoms with Crippen LogP contribution in [-0.4, -0.2) is 44.9 Å². The molecule has 1 aromatic heterocycles. The highest BCUT2D eigenvalue weighted by Gasteiger charge is 2.37. The van der Waals surface area contributed by atoms with Gasteiger partial charge in [-0.05, 0) is 0 Å². The number of aromatic nitrogens is 2. The number of nitrogens with zero attached hydrogens (tertiary/aromatic N) is 3. The number of amides is 1. The van der Waals surface area contributed by atoms with Crippen molar-refractivity contribution in [3.63, 3.8) is 0 Å². The van der Waals surface area contributed by atoms with E-state index in [0.29, 0.717) is 13.1 Å². The summed E-state index contributed by atoms with van der Waals surface area (Å²) in [6.45, 7) is 2.51. The van der Waals surface area contributed by atoms with E-state index in [1.165, 1.54) is 12.4 Å². The minimum atomic E-state index is -0.838. The second-order valence-corrected chi connectivity index (χ2v) is 4.71. The van der Waals surface area contributed by atoms with Crippen molar-refractivity contribution >= 4 is 23.5 Å². The molecule has 96 valence electrons. The van der Waals surface area contributed by atoms with Crippen LogP contribution in [0.4, 0.5) is 0 Å². The number of hydrogen-bond donors (Lipinski definition) is 1. The Kier molecular flexibility index (Phi) is 3.47. The van der Waals surface area contributed by atoms with Crippen molar-refractivity contribution in [2.75, 3.05) is 13.1 Å². The van der Waals surface area contributed by atoms with E-state index in [9.17, 15) is 9.59 Å². The van der Waals surface area contributed by atoms with Gasteiger partial charge < -0.3 is 10.0 Å². The van der Waals surface area contributed by atoms with Crippen molar-refractivity contribution in [3.05, 3.63) is 23.2 Å². The molecule has 1 aliphatic heterocycles. The number of carbonyl (C=O) groups excluding carboxylic acids is 1. The van der Waals surface area contributed by atoms with E-state index in [-0.39, 0.29) is 22.7 Å². The zero-order chi connectivity index (χ0) is 13.3. The first-order chi connectivity index (χ1) is 8.49. The van der Waals surface area contributed by atoms with Gasteiger partial charge in [-0.25, -0.2) is 4.98 Å². The Bertz CT molecular complexity index is 488. The highest BCUT2D eigenvalue weighted by molar-refractivity contribution is 6.29. The zero-order valence-corrected chi connectivity index (χ0v) is 10.5. The minimum Gasteiger partial charge on any atom is -0.481 e. The fraction of sp³-hybridized carbons (Fsp3) is 0.455. The molecule has 2 rings (SSSR count). The number of halogens is 1. The Balaban J connectivity index is 1.96. The van der Waals surface area contributed by atoms with Crippen LogP contribution in [0.3, 0.4) is 0 Å². The second kappa shape index (κ2) is 4.89. The molecule has 1 N–H and O–H groups in total. The molecule has 0 spiro atoms. The molecule has 0 radical (unpaired) electrons. The lowest BCUT2D eigenvalue weighted by Gasteiger charge is -2.40. The lowest BCUT2D eigenvalue weighted by molar-refractivity contribution is -0.144. The number of aliphatic carboxylic acids is 1. The summed E-state index contributed by atoms with van der Waals surface area (Å²) in [6.07, 6.45) is 2.70. The normalized spacial score (nSPS) is 17.1. The molecular formula is C11H12ClN3O3. The van der Waals surface area contributed by atoms with Crippen molar-refractivity contribution in [3.8, 4) is 0 Å². The van der Waals surface area contributed by atoms with Crippen molar-refractivity contribution in [1.82, 2.24) is 14.9 Å². The molecule has 1 unspecified atom stereocenters. The SMILES string of the molecule is CC(C(=O)O)C1CN(C(=O)c2cncc(Cl)n2)C1. The lowest BCUT2D eigenvalue weighted by Crippen LogP contribution is -2.53. The first-order valence-corrected chi connectivity index (χ1v) is 5.86. The van der Waals surface area contributed by atoms with Crippen LogP contribution in [0, 0.1) is 11.8 Å². The number of carbonyl (C=O) groups is 2. The molecule has 1 amide bonds. The quantitative estimate of drug-likeness (QED) is 0.882. The topological polar surface area (TPSA) is 83.4 Å². The largest absolute Gasteiger partial charge is 0.481 e. The molecule has 0 aromatic carbocycles. The predicted molar refractivity (Wildman–Crippen MR) is 63.2 cm³/mol. The molecule has 1 saturated heterocycles. The van der Waals surface area contributed by atoms with E-state index in [1.54, 1.807) is 11.8 Å². The van der Waals surface area contributed by atoms with Gasteiger partial charge in [0, 0.05) is 19.0 Å². The lowest BCUT2D eigenvalue weighted by atomic mass is 9.87. The molecule has 7 heteroatoms. The van der Waals surface area contributed by atoms with E-state index in [0.717, 1.165) is 0 Å².